The van der Waals surface area contributed by atoms with Crippen molar-refractivity contribution in [1.29, 1.82) is 0 Å². The maximum absolute atomic E-state index is 4.01. The maximum Gasteiger partial charge on any atom is 0.107 e. The topological polar surface area (TPSA) is 27.8 Å². The Kier molecular flexibility index (Phi) is 2.59. The largest absolute Gasteiger partial charge is 0.348 e. The lowest BCUT2D eigenvalue weighted by atomic mass is 10.1. The zero-order valence-corrected chi connectivity index (χ0v) is 9.26. The summed E-state index contributed by atoms with van der Waals surface area (Å²) < 4.78 is 1.17. The molecule has 0 saturated heterocycles. The van der Waals surface area contributed by atoms with Crippen molar-refractivity contribution in [3.05, 3.63) is 52.8 Å². The van der Waals surface area contributed by atoms with Gasteiger partial charge < -0.3 is 10.3 Å². The number of nitrogens with one attached hydrogen (secondary N) is 2. The highest BCUT2D eigenvalue weighted by Gasteiger charge is 2.08. The molecule has 3 heteroatoms. The highest BCUT2D eigenvalue weighted by molar-refractivity contribution is 9.11. The minimum atomic E-state index is 0.875. The van der Waals surface area contributed by atoms with Crippen LogP contribution in [0.3, 0.4) is 0 Å². The van der Waals surface area contributed by atoms with Gasteiger partial charge in [-0.25, -0.2) is 0 Å². The van der Waals surface area contributed by atoms with Crippen LogP contribution in [0.15, 0.2) is 52.8 Å². The lowest BCUT2D eigenvalue weighted by Gasteiger charge is -2.15. The van der Waals surface area contributed by atoms with E-state index in [1.807, 2.05) is 30.5 Å². The van der Waals surface area contributed by atoms with Gasteiger partial charge in [-0.05, 0) is 34.3 Å². The Bertz CT molecular complexity index is 399. The van der Waals surface area contributed by atoms with Crippen LogP contribution in [-0.2, 0) is 0 Å². The van der Waals surface area contributed by atoms with E-state index in [9.17, 15) is 0 Å². The van der Waals surface area contributed by atoms with Crippen molar-refractivity contribution in [2.24, 2.45) is 0 Å². The first-order valence-corrected chi connectivity index (χ1v) is 5.20. The Morgan fingerprint density at radius 2 is 2.29 bits per heavy atom. The number of halogens is 1. The number of hydrogen-bond acceptors (Lipinski definition) is 1. The van der Waals surface area contributed by atoms with Crippen LogP contribution >= 0.6 is 15.9 Å². The molecule has 0 bridgehead atoms. The third-order valence-corrected chi connectivity index (χ3v) is 2.61. The van der Waals surface area contributed by atoms with Gasteiger partial charge in [0.15, 0.2) is 0 Å². The average Bonchev–Trinajstić information content (AvgIpc) is 2.62. The molecular weight excluding hydrogens is 240 g/mol. The van der Waals surface area contributed by atoms with Gasteiger partial charge in [-0.1, -0.05) is 22.5 Å². The zero-order chi connectivity index (χ0) is 9.97. The van der Waals surface area contributed by atoms with Gasteiger partial charge in [-0.3, -0.25) is 0 Å². The van der Waals surface area contributed by atoms with E-state index in [0.717, 1.165) is 23.5 Å². The van der Waals surface area contributed by atoms with Gasteiger partial charge in [0.05, 0.1) is 0 Å². The second kappa shape index (κ2) is 3.88. The summed E-state index contributed by atoms with van der Waals surface area (Å²) in [6.45, 7) is 4.01. The summed E-state index contributed by atoms with van der Waals surface area (Å²) in [6.07, 6.45) is 6.83. The Balaban J connectivity index is 2.15. The van der Waals surface area contributed by atoms with E-state index in [2.05, 4.69) is 32.8 Å². The van der Waals surface area contributed by atoms with Crippen molar-refractivity contribution >= 4 is 21.7 Å². The summed E-state index contributed by atoms with van der Waals surface area (Å²) in [5, 5.41) is 3.27. The van der Waals surface area contributed by atoms with E-state index < -0.39 is 0 Å². The smallest absolute Gasteiger partial charge is 0.107 e. The number of aromatic amines is 1. The highest BCUT2D eigenvalue weighted by Crippen LogP contribution is 2.26. The van der Waals surface area contributed by atoms with Crippen molar-refractivity contribution < 1.29 is 0 Å². The third-order valence-electron chi connectivity index (χ3n) is 2.06. The fourth-order valence-electron chi connectivity index (χ4n) is 1.33. The second-order valence-corrected chi connectivity index (χ2v) is 4.20. The molecule has 2 nitrogen and oxygen atoms in total. The SMILES string of the molecule is C=C1CC(Br)=CC=C1Nc1ccc[nH]1. The summed E-state index contributed by atoms with van der Waals surface area (Å²) in [7, 11) is 0. The molecule has 1 heterocycles. The molecule has 0 saturated carbocycles. The van der Waals surface area contributed by atoms with Gasteiger partial charge in [0.2, 0.25) is 0 Å². The first kappa shape index (κ1) is 9.34. The number of hydrogen-bond donors (Lipinski definition) is 2. The average molecular weight is 251 g/mol. The van der Waals surface area contributed by atoms with Crippen molar-refractivity contribution in [1.82, 2.24) is 4.98 Å². The molecule has 72 valence electrons. The van der Waals surface area contributed by atoms with Gasteiger partial charge in [0.1, 0.15) is 5.82 Å². The Labute approximate surface area is 91.5 Å². The van der Waals surface area contributed by atoms with Crippen LogP contribution in [0.4, 0.5) is 5.82 Å². The van der Waals surface area contributed by atoms with Crippen molar-refractivity contribution in [3.63, 3.8) is 0 Å². The van der Waals surface area contributed by atoms with E-state index in [1.165, 1.54) is 4.48 Å². The van der Waals surface area contributed by atoms with Gasteiger partial charge >= 0.3 is 0 Å². The van der Waals surface area contributed by atoms with Crippen LogP contribution < -0.4 is 5.32 Å². The summed E-state index contributed by atoms with van der Waals surface area (Å²) in [5.74, 6) is 0.990. The normalized spacial score (nSPS) is 16.2. The Morgan fingerprint density at radius 1 is 1.43 bits per heavy atom. The number of allylic oxidation sites excluding steroid dienone is 4. The van der Waals surface area contributed by atoms with Crippen LogP contribution in [-0.4, -0.2) is 4.98 Å². The molecule has 0 amide bonds. The molecule has 0 aliphatic heterocycles. The lowest BCUT2D eigenvalue weighted by Crippen LogP contribution is -2.04. The molecule has 1 aliphatic rings. The summed E-state index contributed by atoms with van der Waals surface area (Å²) in [4.78, 5) is 3.09. The summed E-state index contributed by atoms with van der Waals surface area (Å²) >= 11 is 3.45. The summed E-state index contributed by atoms with van der Waals surface area (Å²) in [6, 6.07) is 3.95. The maximum atomic E-state index is 4.01. The Hall–Kier alpha value is -1.22. The molecule has 0 atom stereocenters. The number of rotatable bonds is 2. The molecule has 0 radical (unpaired) electrons. The number of anilines is 1. The van der Waals surface area contributed by atoms with Gasteiger partial charge in [0, 0.05) is 18.3 Å². The first-order valence-electron chi connectivity index (χ1n) is 4.40. The number of H-pyrrole nitrogens is 1. The van der Waals surface area contributed by atoms with Gasteiger partial charge in [-0.15, -0.1) is 0 Å². The van der Waals surface area contributed by atoms with E-state index in [1.54, 1.807) is 0 Å². The molecule has 0 unspecified atom stereocenters. The molecule has 1 aliphatic carbocycles. The van der Waals surface area contributed by atoms with Crippen LogP contribution in [0, 0.1) is 0 Å². The summed E-state index contributed by atoms with van der Waals surface area (Å²) in [5.41, 5.74) is 2.16. The van der Waals surface area contributed by atoms with Crippen molar-refractivity contribution in [2.75, 3.05) is 5.32 Å². The van der Waals surface area contributed by atoms with E-state index >= 15 is 0 Å². The second-order valence-electron chi connectivity index (χ2n) is 3.18. The predicted octanol–water partition coefficient (Wildman–Crippen LogP) is 3.55. The van der Waals surface area contributed by atoms with Crippen molar-refractivity contribution in [3.8, 4) is 0 Å². The fraction of sp³-hybridized carbons (Fsp3) is 0.0909. The lowest BCUT2D eigenvalue weighted by molar-refractivity contribution is 1.17. The molecule has 2 N–H and O–H groups in total. The van der Waals surface area contributed by atoms with Crippen LogP contribution in [0.1, 0.15) is 6.42 Å². The molecule has 0 spiro atoms. The highest BCUT2D eigenvalue weighted by atomic mass is 79.9. The monoisotopic (exact) mass is 250 g/mol. The molecule has 0 aromatic carbocycles. The van der Waals surface area contributed by atoms with Crippen LogP contribution in [0.2, 0.25) is 0 Å². The fourth-order valence-corrected chi connectivity index (χ4v) is 1.80. The van der Waals surface area contributed by atoms with E-state index in [-0.39, 0.29) is 0 Å². The molecule has 2 rings (SSSR count). The van der Waals surface area contributed by atoms with Gasteiger partial charge in [0.25, 0.3) is 0 Å². The minimum Gasteiger partial charge on any atom is -0.348 e. The molecular formula is C11H11BrN2. The van der Waals surface area contributed by atoms with E-state index in [4.69, 9.17) is 0 Å². The molecule has 1 aromatic rings. The first-order chi connectivity index (χ1) is 6.75. The molecule has 0 fully saturated rings. The number of aromatic nitrogens is 1. The molecule has 1 aromatic heterocycles. The van der Waals surface area contributed by atoms with Crippen LogP contribution in [0.5, 0.6) is 0 Å². The standard InChI is InChI=1S/C11H11BrN2/c1-8-7-9(12)4-5-10(8)14-11-3-2-6-13-11/h2-6,13-14H,1,7H2. The Morgan fingerprint density at radius 3 is 2.93 bits per heavy atom. The third kappa shape index (κ3) is 1.99. The predicted molar refractivity (Wildman–Crippen MR) is 63.3 cm³/mol. The van der Waals surface area contributed by atoms with Gasteiger partial charge in [-0.2, -0.15) is 0 Å². The van der Waals surface area contributed by atoms with Crippen molar-refractivity contribution in [2.45, 2.75) is 6.42 Å². The van der Waals surface area contributed by atoms with Crippen LogP contribution in [0.25, 0.3) is 0 Å². The van der Waals surface area contributed by atoms with E-state index in [0.29, 0.717) is 0 Å². The zero-order valence-electron chi connectivity index (χ0n) is 7.68. The molecule has 14 heavy (non-hydrogen) atoms. The minimum absolute atomic E-state index is 0.875. The quantitative estimate of drug-likeness (QED) is 0.826.